The van der Waals surface area contributed by atoms with E-state index in [0.29, 0.717) is 16.3 Å². The summed E-state index contributed by atoms with van der Waals surface area (Å²) in [6.45, 7) is 1.63. The molecule has 1 heterocycles. The lowest BCUT2D eigenvalue weighted by molar-refractivity contribution is 0.0725. The highest BCUT2D eigenvalue weighted by molar-refractivity contribution is 6.31. The number of rotatable bonds is 2. The molecule has 0 aromatic heterocycles. The molecule has 0 aliphatic carbocycles. The molecule has 4 nitrogen and oxygen atoms in total. The summed E-state index contributed by atoms with van der Waals surface area (Å²) in [6.07, 6.45) is 3.33. The van der Waals surface area contributed by atoms with Crippen LogP contribution < -0.4 is 11.3 Å². The first-order valence-corrected chi connectivity index (χ1v) is 6.15. The van der Waals surface area contributed by atoms with Crippen molar-refractivity contribution in [3.63, 3.8) is 0 Å². The summed E-state index contributed by atoms with van der Waals surface area (Å²) in [7, 11) is 0. The molecule has 1 amide bonds. The third kappa shape index (κ3) is 2.70. The Hall–Kier alpha value is -1.26. The zero-order valence-electron chi connectivity index (χ0n) is 9.58. The van der Waals surface area contributed by atoms with Gasteiger partial charge in [-0.25, -0.2) is 0 Å². The van der Waals surface area contributed by atoms with Crippen LogP contribution in [0, 0.1) is 0 Å². The van der Waals surface area contributed by atoms with Gasteiger partial charge in [0.1, 0.15) is 0 Å². The Balaban J connectivity index is 2.25. The normalized spacial score (nSPS) is 15.8. The Morgan fingerprint density at radius 2 is 2.00 bits per heavy atom. The zero-order valence-corrected chi connectivity index (χ0v) is 10.3. The average molecular weight is 254 g/mol. The molecule has 1 saturated heterocycles. The topological polar surface area (TPSA) is 58.4 Å². The maximum atomic E-state index is 12.3. The van der Waals surface area contributed by atoms with Gasteiger partial charge in [0.15, 0.2) is 0 Å². The number of nitrogen functional groups attached to an aromatic ring is 1. The molecule has 0 saturated carbocycles. The number of hydrogen-bond donors (Lipinski definition) is 2. The molecular weight excluding hydrogens is 238 g/mol. The second-order valence-electron chi connectivity index (χ2n) is 4.19. The van der Waals surface area contributed by atoms with Crippen molar-refractivity contribution in [3.05, 3.63) is 28.8 Å². The summed E-state index contributed by atoms with van der Waals surface area (Å²) >= 11 is 5.92. The molecule has 0 spiro atoms. The maximum absolute atomic E-state index is 12.3. The predicted molar refractivity (Wildman–Crippen MR) is 69.0 cm³/mol. The Bertz CT molecular complexity index is 416. The summed E-state index contributed by atoms with van der Waals surface area (Å²) in [6, 6.07) is 5.09. The van der Waals surface area contributed by atoms with Gasteiger partial charge in [0.25, 0.3) is 5.91 Å². The molecule has 1 fully saturated rings. The Morgan fingerprint density at radius 1 is 1.29 bits per heavy atom. The number of amides is 1. The molecule has 92 valence electrons. The maximum Gasteiger partial charge on any atom is 0.256 e. The molecule has 1 aliphatic heterocycles. The van der Waals surface area contributed by atoms with E-state index in [2.05, 4.69) is 5.43 Å². The lowest BCUT2D eigenvalue weighted by Gasteiger charge is -2.27. The van der Waals surface area contributed by atoms with Crippen LogP contribution in [-0.2, 0) is 0 Å². The van der Waals surface area contributed by atoms with Crippen molar-refractivity contribution >= 4 is 23.2 Å². The fourth-order valence-corrected chi connectivity index (χ4v) is 2.26. The molecule has 2 rings (SSSR count). The van der Waals surface area contributed by atoms with Gasteiger partial charge in [-0.2, -0.15) is 0 Å². The first-order valence-electron chi connectivity index (χ1n) is 5.78. The first kappa shape index (κ1) is 12.2. The number of hydrazine groups is 1. The van der Waals surface area contributed by atoms with E-state index in [1.165, 1.54) is 6.42 Å². The smallest absolute Gasteiger partial charge is 0.256 e. The van der Waals surface area contributed by atoms with Gasteiger partial charge in [-0.3, -0.25) is 10.6 Å². The second-order valence-corrected chi connectivity index (χ2v) is 4.62. The lowest BCUT2D eigenvalue weighted by Crippen LogP contribution is -2.36. The summed E-state index contributed by atoms with van der Waals surface area (Å²) < 4.78 is 0. The molecule has 17 heavy (non-hydrogen) atoms. The summed E-state index contributed by atoms with van der Waals surface area (Å²) in [4.78, 5) is 14.2. The van der Waals surface area contributed by atoms with E-state index in [4.69, 9.17) is 17.4 Å². The number of hydrogen-bond acceptors (Lipinski definition) is 3. The van der Waals surface area contributed by atoms with Crippen molar-refractivity contribution in [3.8, 4) is 0 Å². The minimum absolute atomic E-state index is 0.000139. The van der Waals surface area contributed by atoms with Gasteiger partial charge in [0, 0.05) is 18.1 Å². The number of carbonyl (C=O) groups excluding carboxylic acids is 1. The number of anilines is 1. The lowest BCUT2D eigenvalue weighted by atomic mass is 10.1. The van der Waals surface area contributed by atoms with Crippen LogP contribution in [0.15, 0.2) is 18.2 Å². The van der Waals surface area contributed by atoms with Gasteiger partial charge in [0.2, 0.25) is 0 Å². The largest absolute Gasteiger partial charge is 0.339 e. The third-order valence-corrected chi connectivity index (χ3v) is 3.25. The quantitative estimate of drug-likeness (QED) is 0.628. The van der Waals surface area contributed by atoms with Crippen molar-refractivity contribution in [1.82, 2.24) is 4.90 Å². The average Bonchev–Trinajstić information content (AvgIpc) is 2.39. The van der Waals surface area contributed by atoms with Crippen LogP contribution in [0.3, 0.4) is 0 Å². The molecule has 1 aromatic rings. The molecule has 0 bridgehead atoms. The van der Waals surface area contributed by atoms with E-state index in [-0.39, 0.29) is 5.91 Å². The number of nitrogens with one attached hydrogen (secondary N) is 1. The highest BCUT2D eigenvalue weighted by Crippen LogP contribution is 2.23. The fraction of sp³-hybridized carbons (Fsp3) is 0.417. The number of benzene rings is 1. The van der Waals surface area contributed by atoms with Gasteiger partial charge in [-0.1, -0.05) is 11.6 Å². The number of likely N-dealkylation sites (tertiary alicyclic amines) is 1. The van der Waals surface area contributed by atoms with Crippen LogP contribution >= 0.6 is 11.6 Å². The van der Waals surface area contributed by atoms with Crippen molar-refractivity contribution in [2.75, 3.05) is 18.5 Å². The van der Waals surface area contributed by atoms with Crippen LogP contribution in [-0.4, -0.2) is 23.9 Å². The van der Waals surface area contributed by atoms with Crippen molar-refractivity contribution < 1.29 is 4.79 Å². The van der Waals surface area contributed by atoms with Crippen LogP contribution in [0.5, 0.6) is 0 Å². The number of nitrogens with two attached hydrogens (primary N) is 1. The van der Waals surface area contributed by atoms with E-state index in [0.717, 1.165) is 25.9 Å². The summed E-state index contributed by atoms with van der Waals surface area (Å²) in [5.74, 6) is 5.40. The second kappa shape index (κ2) is 5.38. The van der Waals surface area contributed by atoms with Gasteiger partial charge in [-0.05, 0) is 37.5 Å². The van der Waals surface area contributed by atoms with Crippen LogP contribution in [0.1, 0.15) is 29.6 Å². The minimum atomic E-state index is 0.000139. The molecule has 5 heteroatoms. The van der Waals surface area contributed by atoms with Crippen molar-refractivity contribution in [2.45, 2.75) is 19.3 Å². The van der Waals surface area contributed by atoms with E-state index in [9.17, 15) is 4.79 Å². The SMILES string of the molecule is NNc1ccc(Cl)cc1C(=O)N1CCCCC1. The molecule has 0 radical (unpaired) electrons. The first-order chi connectivity index (χ1) is 8.22. The number of halogens is 1. The highest BCUT2D eigenvalue weighted by Gasteiger charge is 2.20. The Kier molecular flexibility index (Phi) is 3.86. The summed E-state index contributed by atoms with van der Waals surface area (Å²) in [5.41, 5.74) is 3.70. The number of piperidine rings is 1. The standard InChI is InChI=1S/C12H16ClN3O/c13-9-4-5-11(15-14)10(8-9)12(17)16-6-2-1-3-7-16/h4-5,8,15H,1-3,6-7,14H2. The third-order valence-electron chi connectivity index (χ3n) is 3.01. The van der Waals surface area contributed by atoms with Gasteiger partial charge in [-0.15, -0.1) is 0 Å². The zero-order chi connectivity index (χ0) is 12.3. The van der Waals surface area contributed by atoms with Crippen LogP contribution in [0.25, 0.3) is 0 Å². The van der Waals surface area contributed by atoms with E-state index in [1.807, 2.05) is 4.90 Å². The molecular formula is C12H16ClN3O. The molecule has 0 unspecified atom stereocenters. The van der Waals surface area contributed by atoms with E-state index < -0.39 is 0 Å². The monoisotopic (exact) mass is 253 g/mol. The minimum Gasteiger partial charge on any atom is -0.339 e. The predicted octanol–water partition coefficient (Wildman–Crippen LogP) is 2.25. The van der Waals surface area contributed by atoms with Crippen LogP contribution in [0.4, 0.5) is 5.69 Å². The molecule has 3 N–H and O–H groups in total. The number of carbonyl (C=O) groups is 1. The summed E-state index contributed by atoms with van der Waals surface area (Å²) in [5, 5.41) is 0.546. The van der Waals surface area contributed by atoms with Gasteiger partial charge in [0.05, 0.1) is 11.3 Å². The molecule has 0 atom stereocenters. The molecule has 1 aliphatic rings. The van der Waals surface area contributed by atoms with E-state index in [1.54, 1.807) is 18.2 Å². The Labute approximate surface area is 106 Å². The number of nitrogens with zero attached hydrogens (tertiary/aromatic N) is 1. The van der Waals surface area contributed by atoms with Crippen molar-refractivity contribution in [2.24, 2.45) is 5.84 Å². The Morgan fingerprint density at radius 3 is 2.65 bits per heavy atom. The fourth-order valence-electron chi connectivity index (χ4n) is 2.09. The van der Waals surface area contributed by atoms with Gasteiger partial charge >= 0.3 is 0 Å². The molecule has 1 aromatic carbocycles. The van der Waals surface area contributed by atoms with Crippen molar-refractivity contribution in [1.29, 1.82) is 0 Å². The van der Waals surface area contributed by atoms with Crippen LogP contribution in [0.2, 0.25) is 5.02 Å². The van der Waals surface area contributed by atoms with Gasteiger partial charge < -0.3 is 10.3 Å². The highest BCUT2D eigenvalue weighted by atomic mass is 35.5. The van der Waals surface area contributed by atoms with E-state index >= 15 is 0 Å².